The van der Waals surface area contributed by atoms with Crippen LogP contribution >= 0.6 is 0 Å². The molecule has 2 fully saturated rings. The third kappa shape index (κ3) is 4.53. The standard InChI is InChI=1S/C25H31FN2O3/c1-16-6-4-10-21(26)22(16)24(29)28-15-5-9-20(25(30)31)23(28)17-11-13-19(14-12-17)27-18-7-2-3-8-18/h4,6,10-11,13-14,17-18,20,23,27H,2-3,5,7-9,12,15H2,1H3,(H,30,31)/t17-,20+,23?/m1/s1. The molecule has 166 valence electrons. The predicted octanol–water partition coefficient (Wildman–Crippen LogP) is 4.43. The van der Waals surface area contributed by atoms with Gasteiger partial charge in [0.05, 0.1) is 17.5 Å². The molecule has 31 heavy (non-hydrogen) atoms. The van der Waals surface area contributed by atoms with Gasteiger partial charge in [0.25, 0.3) is 5.91 Å². The summed E-state index contributed by atoms with van der Waals surface area (Å²) in [5, 5.41) is 13.5. The average molecular weight is 427 g/mol. The molecule has 2 aliphatic carbocycles. The van der Waals surface area contributed by atoms with Crippen molar-refractivity contribution in [1.82, 2.24) is 10.2 Å². The van der Waals surface area contributed by atoms with Crippen molar-refractivity contribution in [3.05, 3.63) is 59.1 Å². The Kier molecular flexibility index (Phi) is 6.44. The first-order valence-electron chi connectivity index (χ1n) is 11.4. The quantitative estimate of drug-likeness (QED) is 0.731. The summed E-state index contributed by atoms with van der Waals surface area (Å²) in [6.07, 6.45) is 12.9. The molecular weight excluding hydrogens is 395 g/mol. The van der Waals surface area contributed by atoms with E-state index in [1.54, 1.807) is 24.0 Å². The Balaban J connectivity index is 1.57. The van der Waals surface area contributed by atoms with E-state index < -0.39 is 29.7 Å². The van der Waals surface area contributed by atoms with Crippen LogP contribution in [0.1, 0.15) is 60.9 Å². The molecule has 1 aromatic carbocycles. The van der Waals surface area contributed by atoms with Crippen LogP contribution in [0.2, 0.25) is 0 Å². The number of benzene rings is 1. The Hall–Kier alpha value is -2.63. The van der Waals surface area contributed by atoms with E-state index in [9.17, 15) is 19.1 Å². The van der Waals surface area contributed by atoms with Gasteiger partial charge in [-0.1, -0.05) is 37.1 Å². The van der Waals surface area contributed by atoms with Crippen molar-refractivity contribution in [1.29, 1.82) is 0 Å². The Morgan fingerprint density at radius 1 is 1.16 bits per heavy atom. The van der Waals surface area contributed by atoms with Crippen molar-refractivity contribution in [3.63, 3.8) is 0 Å². The van der Waals surface area contributed by atoms with E-state index >= 15 is 0 Å². The molecule has 6 heteroatoms. The molecule has 0 spiro atoms. The van der Waals surface area contributed by atoms with Gasteiger partial charge in [-0.25, -0.2) is 4.39 Å². The molecule has 1 saturated heterocycles. The van der Waals surface area contributed by atoms with E-state index in [4.69, 9.17) is 0 Å². The first-order chi connectivity index (χ1) is 15.0. The van der Waals surface area contributed by atoms with Gasteiger partial charge in [0.1, 0.15) is 5.82 Å². The van der Waals surface area contributed by atoms with Gasteiger partial charge in [-0.2, -0.15) is 0 Å². The lowest BCUT2D eigenvalue weighted by molar-refractivity contribution is -0.146. The molecule has 3 aliphatic rings. The third-order valence-corrected chi connectivity index (χ3v) is 7.00. The maximum absolute atomic E-state index is 14.5. The summed E-state index contributed by atoms with van der Waals surface area (Å²) in [5.74, 6) is -2.61. The van der Waals surface area contributed by atoms with Gasteiger partial charge in [-0.15, -0.1) is 0 Å². The van der Waals surface area contributed by atoms with Crippen molar-refractivity contribution < 1.29 is 19.1 Å². The van der Waals surface area contributed by atoms with E-state index in [2.05, 4.69) is 11.4 Å². The third-order valence-electron chi connectivity index (χ3n) is 7.00. The summed E-state index contributed by atoms with van der Waals surface area (Å²) in [6, 6.07) is 4.61. The number of hydrogen-bond acceptors (Lipinski definition) is 3. The second-order valence-electron chi connectivity index (χ2n) is 9.05. The topological polar surface area (TPSA) is 69.6 Å². The van der Waals surface area contributed by atoms with Gasteiger partial charge in [-0.3, -0.25) is 9.59 Å². The lowest BCUT2D eigenvalue weighted by Gasteiger charge is -2.43. The highest BCUT2D eigenvalue weighted by Gasteiger charge is 2.43. The number of halogens is 1. The van der Waals surface area contributed by atoms with Gasteiger partial charge in [0.15, 0.2) is 0 Å². The average Bonchev–Trinajstić information content (AvgIpc) is 3.26. The minimum Gasteiger partial charge on any atom is -0.481 e. The zero-order valence-electron chi connectivity index (χ0n) is 18.0. The van der Waals surface area contributed by atoms with Crippen molar-refractivity contribution >= 4 is 11.9 Å². The highest BCUT2D eigenvalue weighted by molar-refractivity contribution is 5.96. The second-order valence-corrected chi connectivity index (χ2v) is 9.05. The minimum absolute atomic E-state index is 0.0532. The van der Waals surface area contributed by atoms with Gasteiger partial charge in [0, 0.05) is 24.2 Å². The maximum atomic E-state index is 14.5. The first-order valence-corrected chi connectivity index (χ1v) is 11.4. The summed E-state index contributed by atoms with van der Waals surface area (Å²) in [5.41, 5.74) is 1.70. The minimum atomic E-state index is -0.889. The van der Waals surface area contributed by atoms with Crippen LogP contribution in [0, 0.1) is 24.6 Å². The van der Waals surface area contributed by atoms with Crippen molar-refractivity contribution in [2.45, 2.75) is 64.0 Å². The summed E-state index contributed by atoms with van der Waals surface area (Å²) < 4.78 is 14.5. The normalized spacial score (nSPS) is 26.6. The van der Waals surface area contributed by atoms with Crippen LogP contribution in [0.25, 0.3) is 0 Å². The Bertz CT molecular complexity index is 884. The molecule has 0 radical (unpaired) electrons. The number of rotatable bonds is 5. The predicted molar refractivity (Wildman–Crippen MR) is 117 cm³/mol. The molecule has 5 nitrogen and oxygen atoms in total. The molecule has 3 atom stereocenters. The zero-order valence-corrected chi connectivity index (χ0v) is 18.0. The number of carbonyl (C=O) groups is 2. The van der Waals surface area contributed by atoms with Crippen molar-refractivity contribution in [2.75, 3.05) is 6.54 Å². The van der Waals surface area contributed by atoms with E-state index in [0.717, 1.165) is 5.70 Å². The molecular formula is C25H31FN2O3. The van der Waals surface area contributed by atoms with E-state index in [0.29, 0.717) is 37.4 Å². The number of carboxylic acids is 1. The van der Waals surface area contributed by atoms with Crippen molar-refractivity contribution in [2.24, 2.45) is 11.8 Å². The maximum Gasteiger partial charge on any atom is 0.308 e. The second kappa shape index (κ2) is 9.25. The number of nitrogens with one attached hydrogen (secondary N) is 1. The summed E-state index contributed by atoms with van der Waals surface area (Å²) >= 11 is 0. The van der Waals surface area contributed by atoms with Crippen LogP contribution < -0.4 is 5.32 Å². The van der Waals surface area contributed by atoms with Crippen LogP contribution in [-0.2, 0) is 4.79 Å². The number of allylic oxidation sites excluding steroid dienone is 2. The fourth-order valence-corrected chi connectivity index (χ4v) is 5.40. The van der Waals surface area contributed by atoms with Gasteiger partial charge in [0.2, 0.25) is 0 Å². The number of amides is 1. The van der Waals surface area contributed by atoms with Gasteiger partial charge in [-0.05, 0) is 56.7 Å². The Morgan fingerprint density at radius 3 is 2.58 bits per heavy atom. The zero-order chi connectivity index (χ0) is 22.0. The number of carboxylic acid groups (broad SMARTS) is 1. The Morgan fingerprint density at radius 2 is 1.94 bits per heavy atom. The van der Waals surface area contributed by atoms with Gasteiger partial charge < -0.3 is 15.3 Å². The van der Waals surface area contributed by atoms with Crippen LogP contribution in [0.15, 0.2) is 42.1 Å². The van der Waals surface area contributed by atoms with Crippen LogP contribution in [-0.4, -0.2) is 40.5 Å². The molecule has 0 bridgehead atoms. The highest BCUT2D eigenvalue weighted by atomic mass is 19.1. The molecule has 1 aliphatic heterocycles. The SMILES string of the molecule is Cc1cccc(F)c1C(=O)N1CCC[C@H](C(=O)O)C1[C@@H]1C=CC(NC2CCCC2)=CC1. The van der Waals surface area contributed by atoms with E-state index in [-0.39, 0.29) is 11.5 Å². The van der Waals surface area contributed by atoms with E-state index in [1.807, 2.05) is 12.2 Å². The van der Waals surface area contributed by atoms with Crippen molar-refractivity contribution in [3.8, 4) is 0 Å². The molecule has 1 unspecified atom stereocenters. The number of piperidine rings is 1. The summed E-state index contributed by atoms with van der Waals surface area (Å²) in [4.78, 5) is 27.1. The number of hydrogen-bond donors (Lipinski definition) is 2. The molecule has 1 aromatic rings. The summed E-state index contributed by atoms with van der Waals surface area (Å²) in [6.45, 7) is 2.16. The fourth-order valence-electron chi connectivity index (χ4n) is 5.40. The fraction of sp³-hybridized carbons (Fsp3) is 0.520. The molecule has 4 rings (SSSR count). The number of aliphatic carboxylic acids is 1. The van der Waals surface area contributed by atoms with Gasteiger partial charge >= 0.3 is 5.97 Å². The van der Waals surface area contributed by atoms with Crippen LogP contribution in [0.3, 0.4) is 0 Å². The molecule has 1 heterocycles. The highest BCUT2D eigenvalue weighted by Crippen LogP contribution is 2.35. The molecule has 1 amide bonds. The number of carbonyl (C=O) groups excluding carboxylic acids is 1. The summed E-state index contributed by atoms with van der Waals surface area (Å²) in [7, 11) is 0. The number of aryl methyl sites for hydroxylation is 1. The smallest absolute Gasteiger partial charge is 0.308 e. The lowest BCUT2D eigenvalue weighted by Crippen LogP contribution is -2.54. The monoisotopic (exact) mass is 426 g/mol. The molecule has 2 N–H and O–H groups in total. The Labute approximate surface area is 183 Å². The van der Waals surface area contributed by atoms with Crippen LogP contribution in [0.4, 0.5) is 4.39 Å². The number of likely N-dealkylation sites (tertiary alicyclic amines) is 1. The molecule has 0 aromatic heterocycles. The first kappa shape index (κ1) is 21.6. The lowest BCUT2D eigenvalue weighted by atomic mass is 9.78. The van der Waals surface area contributed by atoms with Crippen LogP contribution in [0.5, 0.6) is 0 Å². The largest absolute Gasteiger partial charge is 0.481 e. The van der Waals surface area contributed by atoms with E-state index in [1.165, 1.54) is 31.7 Å². The number of nitrogens with zero attached hydrogens (tertiary/aromatic N) is 1. The molecule has 1 saturated carbocycles.